The molecule has 5 heteroatoms. The molecule has 1 aromatic rings. The molecule has 19 heavy (non-hydrogen) atoms. The van der Waals surface area contributed by atoms with E-state index in [-0.39, 0.29) is 0 Å². The second-order valence-corrected chi connectivity index (χ2v) is 6.22. The number of rotatable bonds is 8. The number of hydrogen-bond donors (Lipinski definition) is 2. The SMILES string of the molecule is CCNc1cc(NCCC(C)SC)nc(C(C)C)n1. The summed E-state index contributed by atoms with van der Waals surface area (Å²) in [5.41, 5.74) is 0. The van der Waals surface area contributed by atoms with Crippen molar-refractivity contribution in [1.82, 2.24) is 9.97 Å². The fourth-order valence-electron chi connectivity index (χ4n) is 1.61. The number of anilines is 2. The highest BCUT2D eigenvalue weighted by atomic mass is 32.2. The standard InChI is InChI=1S/C14H26N4S/c1-6-15-12-9-13(16-8-7-11(4)19-5)18-14(17-12)10(2)3/h9-11H,6-8H2,1-5H3,(H2,15,16,17,18). The predicted molar refractivity (Wildman–Crippen MR) is 86.4 cm³/mol. The number of nitrogens with zero attached hydrogens (tertiary/aromatic N) is 2. The van der Waals surface area contributed by atoms with Gasteiger partial charge in [-0.1, -0.05) is 20.8 Å². The summed E-state index contributed by atoms with van der Waals surface area (Å²) in [5.74, 6) is 3.05. The first kappa shape index (κ1) is 16.1. The fraction of sp³-hybridized carbons (Fsp3) is 0.714. The Kier molecular flexibility index (Phi) is 6.99. The molecule has 1 heterocycles. The molecule has 1 aromatic heterocycles. The molecule has 4 nitrogen and oxygen atoms in total. The molecule has 0 fully saturated rings. The summed E-state index contributed by atoms with van der Waals surface area (Å²) in [6.07, 6.45) is 3.29. The zero-order valence-corrected chi connectivity index (χ0v) is 13.5. The summed E-state index contributed by atoms with van der Waals surface area (Å²) in [4.78, 5) is 9.08. The van der Waals surface area contributed by atoms with Crippen LogP contribution in [0.1, 0.15) is 45.9 Å². The highest BCUT2D eigenvalue weighted by Gasteiger charge is 2.08. The van der Waals surface area contributed by atoms with Crippen molar-refractivity contribution >= 4 is 23.4 Å². The topological polar surface area (TPSA) is 49.8 Å². The molecule has 2 N–H and O–H groups in total. The molecule has 0 spiro atoms. The third-order valence-corrected chi connectivity index (χ3v) is 3.92. The van der Waals surface area contributed by atoms with Crippen molar-refractivity contribution < 1.29 is 0 Å². The highest BCUT2D eigenvalue weighted by molar-refractivity contribution is 7.99. The molecule has 1 atom stereocenters. The molecule has 0 aliphatic carbocycles. The lowest BCUT2D eigenvalue weighted by Gasteiger charge is -2.13. The maximum absolute atomic E-state index is 4.57. The Bertz CT molecular complexity index is 382. The Balaban J connectivity index is 2.70. The molecule has 0 aliphatic heterocycles. The average Bonchev–Trinajstić information content (AvgIpc) is 2.38. The minimum atomic E-state index is 0.337. The van der Waals surface area contributed by atoms with Crippen LogP contribution in [-0.2, 0) is 0 Å². The molecule has 0 saturated heterocycles. The molecule has 0 saturated carbocycles. The largest absolute Gasteiger partial charge is 0.370 e. The monoisotopic (exact) mass is 282 g/mol. The second-order valence-electron chi connectivity index (χ2n) is 4.94. The van der Waals surface area contributed by atoms with E-state index >= 15 is 0 Å². The summed E-state index contributed by atoms with van der Waals surface area (Å²) in [5, 5.41) is 7.33. The van der Waals surface area contributed by atoms with Crippen LogP contribution in [0.15, 0.2) is 6.07 Å². The average molecular weight is 282 g/mol. The van der Waals surface area contributed by atoms with Gasteiger partial charge in [0.1, 0.15) is 17.5 Å². The zero-order valence-electron chi connectivity index (χ0n) is 12.7. The van der Waals surface area contributed by atoms with Gasteiger partial charge in [0.15, 0.2) is 0 Å². The van der Waals surface area contributed by atoms with Crippen LogP contribution in [0.5, 0.6) is 0 Å². The summed E-state index contributed by atoms with van der Waals surface area (Å²) in [6, 6.07) is 1.99. The van der Waals surface area contributed by atoms with Gasteiger partial charge in [-0.05, 0) is 19.6 Å². The fourth-order valence-corrected chi connectivity index (χ4v) is 1.96. The van der Waals surface area contributed by atoms with Crippen molar-refractivity contribution in [3.63, 3.8) is 0 Å². The van der Waals surface area contributed by atoms with E-state index in [4.69, 9.17) is 0 Å². The van der Waals surface area contributed by atoms with Crippen LogP contribution in [0.4, 0.5) is 11.6 Å². The maximum atomic E-state index is 4.57. The van der Waals surface area contributed by atoms with E-state index < -0.39 is 0 Å². The van der Waals surface area contributed by atoms with Crippen molar-refractivity contribution in [2.45, 2.75) is 45.3 Å². The molecule has 0 bridgehead atoms. The predicted octanol–water partition coefficient (Wildman–Crippen LogP) is 3.59. The molecule has 1 rings (SSSR count). The van der Waals surface area contributed by atoms with Crippen LogP contribution in [-0.4, -0.2) is 34.6 Å². The molecule has 0 radical (unpaired) electrons. The normalized spacial score (nSPS) is 12.5. The highest BCUT2D eigenvalue weighted by Crippen LogP contribution is 2.17. The summed E-state index contributed by atoms with van der Waals surface area (Å²) in [7, 11) is 0. The molecular formula is C14H26N4S. The van der Waals surface area contributed by atoms with Gasteiger partial charge in [0.05, 0.1) is 0 Å². The van der Waals surface area contributed by atoms with Gasteiger partial charge in [0, 0.05) is 30.3 Å². The molecular weight excluding hydrogens is 256 g/mol. The van der Waals surface area contributed by atoms with Crippen molar-refractivity contribution in [3.8, 4) is 0 Å². The summed E-state index contributed by atoms with van der Waals surface area (Å²) < 4.78 is 0. The zero-order chi connectivity index (χ0) is 14.3. The van der Waals surface area contributed by atoms with Crippen LogP contribution in [0.2, 0.25) is 0 Å². The molecule has 0 amide bonds. The summed E-state index contributed by atoms with van der Waals surface area (Å²) in [6.45, 7) is 10.4. The Morgan fingerprint density at radius 2 is 1.79 bits per heavy atom. The first-order valence-corrected chi connectivity index (χ1v) is 8.25. The molecule has 1 unspecified atom stereocenters. The van der Waals surface area contributed by atoms with E-state index in [0.29, 0.717) is 11.2 Å². The van der Waals surface area contributed by atoms with Crippen LogP contribution in [0, 0.1) is 0 Å². The second kappa shape index (κ2) is 8.25. The van der Waals surface area contributed by atoms with Gasteiger partial charge >= 0.3 is 0 Å². The Morgan fingerprint density at radius 1 is 1.16 bits per heavy atom. The van der Waals surface area contributed by atoms with E-state index in [9.17, 15) is 0 Å². The van der Waals surface area contributed by atoms with Gasteiger partial charge < -0.3 is 10.6 Å². The van der Waals surface area contributed by atoms with Gasteiger partial charge in [-0.2, -0.15) is 11.8 Å². The first-order valence-electron chi connectivity index (χ1n) is 6.96. The Hall–Kier alpha value is -0.970. The molecule has 0 aliphatic rings. The van der Waals surface area contributed by atoms with Crippen LogP contribution in [0.25, 0.3) is 0 Å². The minimum Gasteiger partial charge on any atom is -0.370 e. The Labute approximate surface area is 121 Å². The van der Waals surface area contributed by atoms with Gasteiger partial charge in [-0.25, -0.2) is 9.97 Å². The number of hydrogen-bond acceptors (Lipinski definition) is 5. The first-order chi connectivity index (χ1) is 9.06. The van der Waals surface area contributed by atoms with Crippen molar-refractivity contribution in [1.29, 1.82) is 0 Å². The number of nitrogens with one attached hydrogen (secondary N) is 2. The van der Waals surface area contributed by atoms with E-state index in [2.05, 4.69) is 54.6 Å². The van der Waals surface area contributed by atoms with E-state index in [1.165, 1.54) is 0 Å². The number of aromatic nitrogens is 2. The third kappa shape index (κ3) is 5.68. The quantitative estimate of drug-likeness (QED) is 0.763. The lowest BCUT2D eigenvalue weighted by atomic mass is 10.2. The lowest BCUT2D eigenvalue weighted by molar-refractivity contribution is 0.772. The third-order valence-electron chi connectivity index (χ3n) is 2.88. The molecule has 0 aromatic carbocycles. The van der Waals surface area contributed by atoms with Crippen molar-refractivity contribution in [2.75, 3.05) is 30.0 Å². The number of thioether (sulfide) groups is 1. The van der Waals surface area contributed by atoms with Gasteiger partial charge in [0.2, 0.25) is 0 Å². The van der Waals surface area contributed by atoms with E-state index in [1.807, 2.05) is 17.8 Å². The van der Waals surface area contributed by atoms with E-state index in [0.717, 1.165) is 37.0 Å². The van der Waals surface area contributed by atoms with Crippen LogP contribution in [0.3, 0.4) is 0 Å². The molecule has 108 valence electrons. The smallest absolute Gasteiger partial charge is 0.135 e. The minimum absolute atomic E-state index is 0.337. The van der Waals surface area contributed by atoms with Gasteiger partial charge in [-0.15, -0.1) is 0 Å². The summed E-state index contributed by atoms with van der Waals surface area (Å²) >= 11 is 1.89. The van der Waals surface area contributed by atoms with Crippen LogP contribution >= 0.6 is 11.8 Å². The van der Waals surface area contributed by atoms with Crippen molar-refractivity contribution in [3.05, 3.63) is 11.9 Å². The van der Waals surface area contributed by atoms with Crippen molar-refractivity contribution in [2.24, 2.45) is 0 Å². The van der Waals surface area contributed by atoms with E-state index in [1.54, 1.807) is 0 Å². The van der Waals surface area contributed by atoms with Gasteiger partial charge in [-0.3, -0.25) is 0 Å². The Morgan fingerprint density at radius 3 is 2.32 bits per heavy atom. The van der Waals surface area contributed by atoms with Gasteiger partial charge in [0.25, 0.3) is 0 Å². The lowest BCUT2D eigenvalue weighted by Crippen LogP contribution is -2.12. The maximum Gasteiger partial charge on any atom is 0.135 e. The van der Waals surface area contributed by atoms with Crippen LogP contribution < -0.4 is 10.6 Å².